The normalized spacial score (nSPS) is 11.6. The van der Waals surface area contributed by atoms with Crippen LogP contribution in [0.15, 0.2) is 35.2 Å². The Morgan fingerprint density at radius 2 is 1.80 bits per heavy atom. The Balaban J connectivity index is 2.43. The summed E-state index contributed by atoms with van der Waals surface area (Å²) in [5.74, 6) is -0.199. The van der Waals surface area contributed by atoms with E-state index in [0.29, 0.717) is 10.7 Å². The van der Waals surface area contributed by atoms with Crippen LogP contribution in [0.1, 0.15) is 17.0 Å². The monoisotopic (exact) mass is 329 g/mol. The minimum Gasteiger partial charge on any atom is -0.257 e. The zero-order chi connectivity index (χ0) is 14.9. The predicted octanol–water partition coefficient (Wildman–Crippen LogP) is 3.98. The van der Waals surface area contributed by atoms with Gasteiger partial charge in [0.2, 0.25) is 0 Å². The summed E-state index contributed by atoms with van der Waals surface area (Å²) in [6.45, 7) is 3.73. The van der Waals surface area contributed by atoms with Crippen molar-refractivity contribution in [3.05, 3.63) is 57.3 Å². The van der Waals surface area contributed by atoms with Crippen molar-refractivity contribution in [2.24, 2.45) is 0 Å². The van der Waals surface area contributed by atoms with Crippen LogP contribution in [0.2, 0.25) is 10.0 Å². The number of rotatable bonds is 3. The molecule has 0 aliphatic carbocycles. The second-order valence-electron chi connectivity index (χ2n) is 4.61. The van der Waals surface area contributed by atoms with Gasteiger partial charge in [-0.3, -0.25) is 4.98 Å². The molecule has 0 spiro atoms. The average Bonchev–Trinajstić information content (AvgIpc) is 2.30. The number of aromatic nitrogens is 1. The third-order valence-electron chi connectivity index (χ3n) is 2.72. The van der Waals surface area contributed by atoms with Gasteiger partial charge in [0, 0.05) is 10.7 Å². The Morgan fingerprint density at radius 3 is 2.45 bits per heavy atom. The molecule has 3 nitrogen and oxygen atoms in total. The van der Waals surface area contributed by atoms with Crippen LogP contribution in [0.4, 0.5) is 0 Å². The van der Waals surface area contributed by atoms with Crippen molar-refractivity contribution in [3.8, 4) is 0 Å². The van der Waals surface area contributed by atoms with E-state index >= 15 is 0 Å². The van der Waals surface area contributed by atoms with E-state index in [9.17, 15) is 8.42 Å². The standard InChI is InChI=1S/C14H13Cl2NO2S/c1-9-5-10(2)17-12(6-9)8-20(18,19)14-7-11(15)3-4-13(14)16/h3-7H,8H2,1-2H3. The van der Waals surface area contributed by atoms with Crippen molar-refractivity contribution in [2.45, 2.75) is 24.5 Å². The number of benzene rings is 1. The van der Waals surface area contributed by atoms with Gasteiger partial charge in [0.25, 0.3) is 0 Å². The van der Waals surface area contributed by atoms with E-state index < -0.39 is 9.84 Å². The Bertz CT molecular complexity index is 738. The Labute approximate surface area is 128 Å². The number of sulfone groups is 1. The number of pyridine rings is 1. The molecule has 0 saturated carbocycles. The fourth-order valence-corrected chi connectivity index (χ4v) is 4.06. The van der Waals surface area contributed by atoms with Crippen LogP contribution in [0, 0.1) is 13.8 Å². The SMILES string of the molecule is Cc1cc(C)nc(CS(=O)(=O)c2cc(Cl)ccc2Cl)c1. The Morgan fingerprint density at radius 1 is 1.10 bits per heavy atom. The van der Waals surface area contributed by atoms with Crippen LogP contribution in [-0.4, -0.2) is 13.4 Å². The molecule has 0 aliphatic rings. The third kappa shape index (κ3) is 3.51. The molecule has 1 aromatic carbocycles. The molecule has 1 aromatic heterocycles. The summed E-state index contributed by atoms with van der Waals surface area (Å²) in [4.78, 5) is 4.28. The summed E-state index contributed by atoms with van der Waals surface area (Å²) in [6.07, 6.45) is 0. The lowest BCUT2D eigenvalue weighted by Crippen LogP contribution is -2.08. The maximum Gasteiger partial charge on any atom is 0.185 e. The molecule has 0 saturated heterocycles. The van der Waals surface area contributed by atoms with Crippen LogP contribution in [0.25, 0.3) is 0 Å². The smallest absolute Gasteiger partial charge is 0.185 e. The van der Waals surface area contributed by atoms with Gasteiger partial charge in [0.05, 0.1) is 21.4 Å². The molecule has 0 amide bonds. The van der Waals surface area contributed by atoms with Gasteiger partial charge in [0.1, 0.15) is 0 Å². The lowest BCUT2D eigenvalue weighted by molar-refractivity contribution is 0.594. The topological polar surface area (TPSA) is 47.0 Å². The number of hydrogen-bond acceptors (Lipinski definition) is 3. The molecular formula is C14H13Cl2NO2S. The lowest BCUT2D eigenvalue weighted by Gasteiger charge is -2.08. The zero-order valence-electron chi connectivity index (χ0n) is 11.0. The van der Waals surface area contributed by atoms with Gasteiger partial charge in [-0.15, -0.1) is 0 Å². The molecule has 0 aliphatic heterocycles. The summed E-state index contributed by atoms with van der Waals surface area (Å²) >= 11 is 11.8. The summed E-state index contributed by atoms with van der Waals surface area (Å²) in [5.41, 5.74) is 2.26. The highest BCUT2D eigenvalue weighted by atomic mass is 35.5. The van der Waals surface area contributed by atoms with Gasteiger partial charge in [-0.2, -0.15) is 0 Å². The predicted molar refractivity (Wildman–Crippen MR) is 81.1 cm³/mol. The summed E-state index contributed by atoms with van der Waals surface area (Å²) in [7, 11) is -3.58. The molecule has 1 heterocycles. The summed E-state index contributed by atoms with van der Waals surface area (Å²) in [5, 5.41) is 0.500. The van der Waals surface area contributed by atoms with Crippen molar-refractivity contribution in [1.29, 1.82) is 0 Å². The van der Waals surface area contributed by atoms with E-state index in [1.807, 2.05) is 19.9 Å². The fourth-order valence-electron chi connectivity index (χ4n) is 1.99. The second kappa shape index (κ2) is 5.72. The van der Waals surface area contributed by atoms with Gasteiger partial charge in [-0.05, 0) is 49.7 Å². The quantitative estimate of drug-likeness (QED) is 0.855. The number of nitrogens with zero attached hydrogens (tertiary/aromatic N) is 1. The second-order valence-corrected chi connectivity index (χ2v) is 7.41. The number of aryl methyl sites for hydroxylation is 2. The maximum absolute atomic E-state index is 12.4. The van der Waals surface area contributed by atoms with E-state index in [4.69, 9.17) is 23.2 Å². The van der Waals surface area contributed by atoms with E-state index in [2.05, 4.69) is 4.98 Å². The first-order valence-corrected chi connectivity index (χ1v) is 8.31. The molecule has 0 radical (unpaired) electrons. The largest absolute Gasteiger partial charge is 0.257 e. The van der Waals surface area contributed by atoms with Crippen LogP contribution in [0.5, 0.6) is 0 Å². The van der Waals surface area contributed by atoms with Crippen molar-refractivity contribution in [3.63, 3.8) is 0 Å². The zero-order valence-corrected chi connectivity index (χ0v) is 13.4. The molecular weight excluding hydrogens is 317 g/mol. The molecule has 2 rings (SSSR count). The number of halogens is 2. The number of hydrogen-bond donors (Lipinski definition) is 0. The first-order valence-electron chi connectivity index (χ1n) is 5.90. The molecule has 6 heteroatoms. The highest BCUT2D eigenvalue weighted by Gasteiger charge is 2.20. The Kier molecular flexibility index (Phi) is 4.37. The first-order chi connectivity index (χ1) is 9.28. The van der Waals surface area contributed by atoms with Gasteiger partial charge in [0.15, 0.2) is 9.84 Å². The van der Waals surface area contributed by atoms with Gasteiger partial charge in [-0.25, -0.2) is 8.42 Å². The highest BCUT2D eigenvalue weighted by molar-refractivity contribution is 7.90. The molecule has 20 heavy (non-hydrogen) atoms. The van der Waals surface area contributed by atoms with E-state index in [1.165, 1.54) is 12.1 Å². The van der Waals surface area contributed by atoms with Gasteiger partial charge < -0.3 is 0 Å². The van der Waals surface area contributed by atoms with Crippen molar-refractivity contribution in [2.75, 3.05) is 0 Å². The van der Waals surface area contributed by atoms with Crippen LogP contribution >= 0.6 is 23.2 Å². The molecule has 0 fully saturated rings. The maximum atomic E-state index is 12.4. The molecule has 2 aromatic rings. The van der Waals surface area contributed by atoms with E-state index in [0.717, 1.165) is 11.3 Å². The average molecular weight is 330 g/mol. The van der Waals surface area contributed by atoms with Crippen LogP contribution in [-0.2, 0) is 15.6 Å². The van der Waals surface area contributed by atoms with Crippen molar-refractivity contribution >= 4 is 33.0 Å². The molecule has 0 atom stereocenters. The molecule has 106 valence electrons. The highest BCUT2D eigenvalue weighted by Crippen LogP contribution is 2.27. The molecule has 0 N–H and O–H groups in total. The van der Waals surface area contributed by atoms with Gasteiger partial charge >= 0.3 is 0 Å². The van der Waals surface area contributed by atoms with E-state index in [-0.39, 0.29) is 15.7 Å². The van der Waals surface area contributed by atoms with Crippen molar-refractivity contribution in [1.82, 2.24) is 4.98 Å². The molecule has 0 unspecified atom stereocenters. The third-order valence-corrected chi connectivity index (χ3v) is 5.08. The molecule has 0 bridgehead atoms. The van der Waals surface area contributed by atoms with Gasteiger partial charge in [-0.1, -0.05) is 23.2 Å². The first kappa shape index (κ1) is 15.3. The minimum absolute atomic E-state index is 0.0348. The lowest BCUT2D eigenvalue weighted by atomic mass is 10.2. The van der Waals surface area contributed by atoms with Crippen LogP contribution in [0.3, 0.4) is 0 Å². The summed E-state index contributed by atoms with van der Waals surface area (Å²) < 4.78 is 24.8. The van der Waals surface area contributed by atoms with E-state index in [1.54, 1.807) is 12.1 Å². The van der Waals surface area contributed by atoms with Crippen molar-refractivity contribution < 1.29 is 8.42 Å². The Hall–Kier alpha value is -1.10. The summed E-state index contributed by atoms with van der Waals surface area (Å²) in [6, 6.07) is 8.04. The fraction of sp³-hybridized carbons (Fsp3) is 0.214. The van der Waals surface area contributed by atoms with Crippen LogP contribution < -0.4 is 0 Å². The minimum atomic E-state index is -3.58.